The maximum absolute atomic E-state index is 12.0. The average Bonchev–Trinajstić information content (AvgIpc) is 3.14. The van der Waals surface area contributed by atoms with Gasteiger partial charge >= 0.3 is 0 Å². The molecule has 0 aliphatic heterocycles. The summed E-state index contributed by atoms with van der Waals surface area (Å²) < 4.78 is 1.73. The molecular formula is C22H23N5O2. The van der Waals surface area contributed by atoms with Crippen LogP contribution < -0.4 is 11.1 Å². The zero-order valence-corrected chi connectivity index (χ0v) is 16.2. The molecular weight excluding hydrogens is 366 g/mol. The fourth-order valence-electron chi connectivity index (χ4n) is 3.87. The Morgan fingerprint density at radius 1 is 1.31 bits per heavy atom. The van der Waals surface area contributed by atoms with Crippen LogP contribution in [0.25, 0.3) is 21.5 Å². The highest BCUT2D eigenvalue weighted by Crippen LogP contribution is 2.33. The summed E-state index contributed by atoms with van der Waals surface area (Å²) in [7, 11) is 0. The summed E-state index contributed by atoms with van der Waals surface area (Å²) in [4.78, 5) is 15.4. The van der Waals surface area contributed by atoms with E-state index >= 15 is 0 Å². The molecule has 3 aromatic rings. The lowest BCUT2D eigenvalue weighted by atomic mass is 9.83. The average molecular weight is 389 g/mol. The zero-order chi connectivity index (χ0) is 20.6. The maximum atomic E-state index is 12.0. The Morgan fingerprint density at radius 2 is 2.00 bits per heavy atom. The molecule has 0 spiro atoms. The van der Waals surface area contributed by atoms with Crippen molar-refractivity contribution in [1.29, 1.82) is 0 Å². The van der Waals surface area contributed by atoms with Crippen LogP contribution in [-0.4, -0.2) is 32.3 Å². The number of hydrogen-bond donors (Lipinski definition) is 3. The third-order valence-electron chi connectivity index (χ3n) is 5.64. The van der Waals surface area contributed by atoms with E-state index in [1.165, 1.54) is 6.20 Å². The summed E-state index contributed by atoms with van der Waals surface area (Å²) in [5, 5.41) is 18.0. The van der Waals surface area contributed by atoms with Crippen molar-refractivity contribution in [3.63, 3.8) is 0 Å². The molecule has 0 unspecified atom stereocenters. The van der Waals surface area contributed by atoms with Gasteiger partial charge in [0.15, 0.2) is 5.69 Å². The fourth-order valence-corrected chi connectivity index (χ4v) is 3.87. The van der Waals surface area contributed by atoms with Gasteiger partial charge in [-0.2, -0.15) is 5.10 Å². The van der Waals surface area contributed by atoms with Gasteiger partial charge in [-0.1, -0.05) is 24.3 Å². The molecule has 148 valence electrons. The summed E-state index contributed by atoms with van der Waals surface area (Å²) >= 11 is 0. The molecule has 4 N–H and O–H groups in total. The van der Waals surface area contributed by atoms with Gasteiger partial charge in [0, 0.05) is 17.8 Å². The second-order valence-corrected chi connectivity index (χ2v) is 7.93. The first-order valence-corrected chi connectivity index (χ1v) is 9.64. The first kappa shape index (κ1) is 19.0. The molecule has 0 atom stereocenters. The minimum atomic E-state index is -0.627. The molecule has 0 saturated heterocycles. The highest BCUT2D eigenvalue weighted by atomic mass is 16.3. The number of nitrogens with zero attached hydrogens (tertiary/aromatic N) is 3. The fraction of sp³-hybridized carbons (Fsp3) is 0.318. The van der Waals surface area contributed by atoms with Gasteiger partial charge in [-0.05, 0) is 44.2 Å². The zero-order valence-electron chi connectivity index (χ0n) is 16.2. The molecule has 7 nitrogen and oxygen atoms in total. The van der Waals surface area contributed by atoms with Gasteiger partial charge in [0.25, 0.3) is 5.91 Å². The Hall–Kier alpha value is -3.37. The largest absolute Gasteiger partial charge is 0.390 e. The second kappa shape index (κ2) is 7.22. The Bertz CT molecular complexity index is 1100. The second-order valence-electron chi connectivity index (χ2n) is 7.93. The summed E-state index contributed by atoms with van der Waals surface area (Å²) in [6.07, 6.45) is 6.41. The topological polar surface area (TPSA) is 97.0 Å². The molecule has 1 aromatic carbocycles. The van der Waals surface area contributed by atoms with Crippen LogP contribution >= 0.6 is 0 Å². The van der Waals surface area contributed by atoms with E-state index in [1.54, 1.807) is 16.6 Å². The Balaban J connectivity index is 1.72. The highest BCUT2D eigenvalue weighted by Gasteiger charge is 2.29. The van der Waals surface area contributed by atoms with Gasteiger partial charge in [0.05, 0.1) is 35.1 Å². The number of carbonyl (C=O) groups excluding carboxylic acids is 1. The Morgan fingerprint density at radius 3 is 2.62 bits per heavy atom. The van der Waals surface area contributed by atoms with E-state index in [0.29, 0.717) is 29.8 Å². The number of benzene rings is 1. The van der Waals surface area contributed by atoms with Crippen LogP contribution in [0, 0.1) is 6.57 Å². The van der Waals surface area contributed by atoms with E-state index in [9.17, 15) is 9.90 Å². The molecule has 1 aliphatic carbocycles. The van der Waals surface area contributed by atoms with Crippen molar-refractivity contribution in [1.82, 2.24) is 9.61 Å². The number of aromatic nitrogens is 2. The van der Waals surface area contributed by atoms with Crippen LogP contribution in [0.1, 0.15) is 43.0 Å². The van der Waals surface area contributed by atoms with E-state index < -0.39 is 11.5 Å². The molecule has 0 radical (unpaired) electrons. The molecule has 7 heteroatoms. The molecule has 1 saturated carbocycles. The van der Waals surface area contributed by atoms with Crippen molar-refractivity contribution < 1.29 is 9.90 Å². The van der Waals surface area contributed by atoms with Crippen molar-refractivity contribution in [3.8, 4) is 11.1 Å². The number of carbonyl (C=O) groups is 1. The van der Waals surface area contributed by atoms with Crippen molar-refractivity contribution in [2.24, 2.45) is 5.73 Å². The van der Waals surface area contributed by atoms with E-state index in [4.69, 9.17) is 12.3 Å². The summed E-state index contributed by atoms with van der Waals surface area (Å²) in [5.41, 5.74) is 9.25. The molecule has 2 aromatic heterocycles. The Labute approximate surface area is 169 Å². The monoisotopic (exact) mass is 389 g/mol. The number of aliphatic hydroxyl groups is 1. The number of hydrogen-bond acceptors (Lipinski definition) is 4. The maximum Gasteiger partial charge on any atom is 0.252 e. The molecule has 1 amide bonds. The van der Waals surface area contributed by atoms with Crippen LogP contribution in [0.5, 0.6) is 0 Å². The third kappa shape index (κ3) is 3.80. The van der Waals surface area contributed by atoms with E-state index in [2.05, 4.69) is 15.3 Å². The van der Waals surface area contributed by atoms with Gasteiger partial charge in [-0.3, -0.25) is 4.79 Å². The minimum absolute atomic E-state index is 0.149. The molecule has 2 heterocycles. The van der Waals surface area contributed by atoms with Crippen LogP contribution in [0.15, 0.2) is 42.7 Å². The van der Waals surface area contributed by atoms with Crippen molar-refractivity contribution in [2.45, 2.75) is 44.2 Å². The van der Waals surface area contributed by atoms with Crippen LogP contribution in [0.4, 0.5) is 11.4 Å². The van der Waals surface area contributed by atoms with E-state index in [0.717, 1.165) is 29.5 Å². The number of fused-ring (bicyclic) bond motifs is 1. The summed E-state index contributed by atoms with van der Waals surface area (Å²) in [6, 6.07) is 9.46. The van der Waals surface area contributed by atoms with Gasteiger partial charge in [0.2, 0.25) is 0 Å². The van der Waals surface area contributed by atoms with E-state index in [1.807, 2.05) is 31.3 Å². The number of nitrogens with one attached hydrogen (secondary N) is 1. The smallest absolute Gasteiger partial charge is 0.252 e. The standard InChI is InChI=1S/C22H23N5O2/c1-22(29)9-7-17(8-10-22)26-20-18(21(23)28)12-25-27-13-15(11-19(20)27)14-3-5-16(24-2)6-4-14/h3-6,11-13,17,26,29H,7-10H2,1H3,(H2,23,28). The predicted octanol–water partition coefficient (Wildman–Crippen LogP) is 3.76. The van der Waals surface area contributed by atoms with Crippen LogP contribution in [0.3, 0.4) is 0 Å². The summed E-state index contributed by atoms with van der Waals surface area (Å²) in [5.74, 6) is -0.533. The molecule has 4 rings (SSSR count). The number of primary amides is 1. The lowest BCUT2D eigenvalue weighted by molar-refractivity contribution is 0.0196. The van der Waals surface area contributed by atoms with Crippen molar-refractivity contribution in [3.05, 3.63) is 59.7 Å². The van der Waals surface area contributed by atoms with Crippen LogP contribution in [0.2, 0.25) is 0 Å². The number of anilines is 1. The molecule has 1 fully saturated rings. The number of amides is 1. The number of nitrogens with two attached hydrogens (primary N) is 1. The lowest BCUT2D eigenvalue weighted by Gasteiger charge is -2.34. The van der Waals surface area contributed by atoms with Crippen molar-refractivity contribution in [2.75, 3.05) is 5.32 Å². The Kier molecular flexibility index (Phi) is 4.73. The highest BCUT2D eigenvalue weighted by molar-refractivity contribution is 6.02. The SMILES string of the molecule is [C-]#[N+]c1ccc(-c2cc3c(NC4CCC(C)(O)CC4)c(C(N)=O)cnn3c2)cc1. The summed E-state index contributed by atoms with van der Waals surface area (Å²) in [6.45, 7) is 8.95. The van der Waals surface area contributed by atoms with Gasteiger partial charge in [0.1, 0.15) is 0 Å². The quantitative estimate of drug-likeness (QED) is 0.592. The lowest BCUT2D eigenvalue weighted by Crippen LogP contribution is -2.36. The third-order valence-corrected chi connectivity index (χ3v) is 5.64. The minimum Gasteiger partial charge on any atom is -0.390 e. The van der Waals surface area contributed by atoms with Gasteiger partial charge < -0.3 is 16.2 Å². The molecule has 1 aliphatic rings. The van der Waals surface area contributed by atoms with Crippen LogP contribution in [-0.2, 0) is 0 Å². The predicted molar refractivity (Wildman–Crippen MR) is 112 cm³/mol. The number of rotatable bonds is 4. The van der Waals surface area contributed by atoms with Gasteiger partial charge in [-0.15, -0.1) is 0 Å². The van der Waals surface area contributed by atoms with Crippen molar-refractivity contribution >= 4 is 22.8 Å². The molecule has 0 bridgehead atoms. The molecule has 29 heavy (non-hydrogen) atoms. The first-order chi connectivity index (χ1) is 13.9. The van der Waals surface area contributed by atoms with E-state index in [-0.39, 0.29) is 6.04 Å². The first-order valence-electron chi connectivity index (χ1n) is 9.64. The van der Waals surface area contributed by atoms with Gasteiger partial charge in [-0.25, -0.2) is 9.36 Å². The normalized spacial score (nSPS) is 21.6.